The predicted molar refractivity (Wildman–Crippen MR) is 88.0 cm³/mol. The van der Waals surface area contributed by atoms with E-state index in [1.165, 1.54) is 21.3 Å². The van der Waals surface area contributed by atoms with Gasteiger partial charge in [0.25, 0.3) is 0 Å². The van der Waals surface area contributed by atoms with Gasteiger partial charge in [0.1, 0.15) is 0 Å². The smallest absolute Gasteiger partial charge is 0.307 e. The van der Waals surface area contributed by atoms with E-state index < -0.39 is 18.1 Å². The number of carbonyl (C=O) groups excluding carboxylic acids is 2. The second kappa shape index (κ2) is 9.91. The molecule has 0 aliphatic rings. The predicted octanol–water partition coefficient (Wildman–Crippen LogP) is 1.19. The molecule has 0 radical (unpaired) electrons. The van der Waals surface area contributed by atoms with Crippen LogP contribution in [-0.4, -0.2) is 39.2 Å². The Morgan fingerprint density at radius 1 is 1.17 bits per heavy atom. The minimum atomic E-state index is -0.680. The second-order valence-electron chi connectivity index (χ2n) is 4.74. The fraction of sp³-hybridized carbons (Fsp3) is 0.467. The maximum Gasteiger partial charge on any atom is 0.307 e. The maximum atomic E-state index is 11.8. The highest BCUT2D eigenvalue weighted by molar-refractivity contribution is 5.85. The molecule has 0 saturated heterocycles. The van der Waals surface area contributed by atoms with Crippen LogP contribution in [0.5, 0.6) is 11.5 Å². The summed E-state index contributed by atoms with van der Waals surface area (Å²) >= 11 is 0. The van der Waals surface area contributed by atoms with Gasteiger partial charge < -0.3 is 25.3 Å². The van der Waals surface area contributed by atoms with Crippen molar-refractivity contribution in [3.63, 3.8) is 0 Å². The summed E-state index contributed by atoms with van der Waals surface area (Å²) in [6, 6.07) is 3.91. The Morgan fingerprint density at radius 3 is 2.26 bits per heavy atom. The molecule has 130 valence electrons. The summed E-state index contributed by atoms with van der Waals surface area (Å²) in [5.41, 5.74) is 6.25. The molecule has 0 aliphatic carbocycles. The van der Waals surface area contributed by atoms with Crippen LogP contribution < -0.4 is 20.5 Å². The third kappa shape index (κ3) is 5.96. The number of benzene rings is 1. The first-order chi connectivity index (χ1) is 10.4. The lowest BCUT2D eigenvalue weighted by Crippen LogP contribution is -2.41. The summed E-state index contributed by atoms with van der Waals surface area (Å²) < 4.78 is 15.1. The largest absolute Gasteiger partial charge is 0.493 e. The van der Waals surface area contributed by atoms with Gasteiger partial charge in [-0.3, -0.25) is 9.59 Å². The highest BCUT2D eigenvalue weighted by Gasteiger charge is 2.21. The summed E-state index contributed by atoms with van der Waals surface area (Å²) in [7, 11) is 4.33. The fourth-order valence-electron chi connectivity index (χ4n) is 1.87. The minimum Gasteiger partial charge on any atom is -0.493 e. The van der Waals surface area contributed by atoms with Gasteiger partial charge in [0.15, 0.2) is 11.5 Å². The lowest BCUT2D eigenvalue weighted by atomic mass is 10.0. The van der Waals surface area contributed by atoms with Crippen molar-refractivity contribution in [2.24, 2.45) is 5.73 Å². The first-order valence-corrected chi connectivity index (χ1v) is 6.77. The van der Waals surface area contributed by atoms with Crippen molar-refractivity contribution < 1.29 is 23.8 Å². The summed E-state index contributed by atoms with van der Waals surface area (Å²) in [6.45, 7) is 1.57. The molecule has 23 heavy (non-hydrogen) atoms. The van der Waals surface area contributed by atoms with E-state index in [1.54, 1.807) is 25.1 Å². The highest BCUT2D eigenvalue weighted by Crippen LogP contribution is 2.31. The Kier molecular flexibility index (Phi) is 9.05. The normalized spacial score (nSPS) is 12.4. The van der Waals surface area contributed by atoms with Gasteiger partial charge in [-0.1, -0.05) is 6.07 Å². The number of carbonyl (C=O) groups is 2. The number of nitrogens with one attached hydrogen (secondary N) is 1. The molecule has 1 aromatic rings. The molecule has 0 heterocycles. The number of halogens is 1. The van der Waals surface area contributed by atoms with Gasteiger partial charge in [-0.15, -0.1) is 12.4 Å². The van der Waals surface area contributed by atoms with Crippen LogP contribution >= 0.6 is 12.4 Å². The standard InChI is InChI=1S/C15H22N2O5.ClH/c1-9(16)15(19)17-11(8-14(18)22-4)10-5-6-12(20-2)13(7-10)21-3;/h5-7,9,11H,8,16H2,1-4H3,(H,17,19);1H. The Balaban J connectivity index is 0.00000484. The number of hydrogen-bond acceptors (Lipinski definition) is 6. The zero-order valence-corrected chi connectivity index (χ0v) is 14.4. The molecule has 8 heteroatoms. The average Bonchev–Trinajstić information content (AvgIpc) is 2.52. The monoisotopic (exact) mass is 346 g/mol. The van der Waals surface area contributed by atoms with Gasteiger partial charge in [-0.25, -0.2) is 0 Å². The molecule has 0 aromatic heterocycles. The molecule has 1 amide bonds. The molecule has 0 aliphatic heterocycles. The Labute approximate surface area is 141 Å². The summed E-state index contributed by atoms with van der Waals surface area (Å²) in [5, 5.41) is 2.73. The zero-order valence-electron chi connectivity index (χ0n) is 13.6. The van der Waals surface area contributed by atoms with Crippen molar-refractivity contribution in [2.45, 2.75) is 25.4 Å². The fourth-order valence-corrected chi connectivity index (χ4v) is 1.87. The zero-order chi connectivity index (χ0) is 16.7. The van der Waals surface area contributed by atoms with Crippen LogP contribution in [-0.2, 0) is 14.3 Å². The molecule has 1 rings (SSSR count). The van der Waals surface area contributed by atoms with Crippen molar-refractivity contribution in [1.29, 1.82) is 0 Å². The maximum absolute atomic E-state index is 11.8. The van der Waals surface area contributed by atoms with Crippen molar-refractivity contribution >= 4 is 24.3 Å². The summed E-state index contributed by atoms with van der Waals surface area (Å²) in [4.78, 5) is 23.4. The third-order valence-electron chi connectivity index (χ3n) is 3.14. The van der Waals surface area contributed by atoms with Crippen molar-refractivity contribution in [2.75, 3.05) is 21.3 Å². The molecule has 1 aromatic carbocycles. The van der Waals surface area contributed by atoms with Crippen LogP contribution in [0, 0.1) is 0 Å². The topological polar surface area (TPSA) is 99.9 Å². The number of esters is 1. The van der Waals surface area contributed by atoms with Gasteiger partial charge in [0, 0.05) is 0 Å². The van der Waals surface area contributed by atoms with Crippen molar-refractivity contribution in [3.8, 4) is 11.5 Å². The van der Waals surface area contributed by atoms with E-state index in [4.69, 9.17) is 15.2 Å². The molecule has 0 fully saturated rings. The Morgan fingerprint density at radius 2 is 1.78 bits per heavy atom. The number of nitrogens with two attached hydrogens (primary N) is 1. The minimum absolute atomic E-state index is 0. The van der Waals surface area contributed by atoms with Gasteiger partial charge >= 0.3 is 5.97 Å². The van der Waals surface area contributed by atoms with E-state index in [2.05, 4.69) is 10.1 Å². The number of amides is 1. The van der Waals surface area contributed by atoms with E-state index in [-0.39, 0.29) is 24.7 Å². The van der Waals surface area contributed by atoms with E-state index in [1.807, 2.05) is 0 Å². The molecule has 0 spiro atoms. The first-order valence-electron chi connectivity index (χ1n) is 6.77. The van der Waals surface area contributed by atoms with Gasteiger partial charge in [0.05, 0.1) is 39.8 Å². The Hall–Kier alpha value is -1.99. The van der Waals surface area contributed by atoms with Crippen LogP contribution in [0.25, 0.3) is 0 Å². The quantitative estimate of drug-likeness (QED) is 0.719. The number of ether oxygens (including phenoxy) is 3. The SMILES string of the molecule is COC(=O)CC(NC(=O)C(C)N)c1ccc(OC)c(OC)c1.Cl. The molecule has 2 atom stereocenters. The second-order valence-corrected chi connectivity index (χ2v) is 4.74. The third-order valence-corrected chi connectivity index (χ3v) is 3.14. The van der Waals surface area contributed by atoms with E-state index in [9.17, 15) is 9.59 Å². The number of methoxy groups -OCH3 is 3. The number of rotatable bonds is 7. The molecule has 7 nitrogen and oxygen atoms in total. The highest BCUT2D eigenvalue weighted by atomic mass is 35.5. The van der Waals surface area contributed by atoms with Crippen LogP contribution in [0.2, 0.25) is 0 Å². The van der Waals surface area contributed by atoms with Crippen molar-refractivity contribution in [3.05, 3.63) is 23.8 Å². The van der Waals surface area contributed by atoms with E-state index in [0.717, 1.165) is 0 Å². The lowest BCUT2D eigenvalue weighted by Gasteiger charge is -2.20. The molecular weight excluding hydrogens is 324 g/mol. The van der Waals surface area contributed by atoms with Crippen LogP contribution in [0.1, 0.15) is 24.9 Å². The number of hydrogen-bond donors (Lipinski definition) is 2. The molecule has 2 unspecified atom stereocenters. The van der Waals surface area contributed by atoms with Crippen LogP contribution in [0.15, 0.2) is 18.2 Å². The van der Waals surface area contributed by atoms with Gasteiger partial charge in [-0.05, 0) is 24.6 Å². The van der Waals surface area contributed by atoms with Gasteiger partial charge in [0.2, 0.25) is 5.91 Å². The molecular formula is C15H23ClN2O5. The summed E-state index contributed by atoms with van der Waals surface area (Å²) in [5.74, 6) is 0.264. The summed E-state index contributed by atoms with van der Waals surface area (Å²) in [6.07, 6.45) is -0.00948. The first kappa shape index (κ1) is 21.0. The Bertz CT molecular complexity index is 537. The van der Waals surface area contributed by atoms with Gasteiger partial charge in [-0.2, -0.15) is 0 Å². The van der Waals surface area contributed by atoms with Crippen LogP contribution in [0.3, 0.4) is 0 Å². The molecule has 0 bridgehead atoms. The van der Waals surface area contributed by atoms with Crippen LogP contribution in [0.4, 0.5) is 0 Å². The van der Waals surface area contributed by atoms with Crippen molar-refractivity contribution in [1.82, 2.24) is 5.32 Å². The van der Waals surface area contributed by atoms with E-state index >= 15 is 0 Å². The molecule has 3 N–H and O–H groups in total. The molecule has 0 saturated carbocycles. The lowest BCUT2D eigenvalue weighted by molar-refractivity contribution is -0.141. The van der Waals surface area contributed by atoms with E-state index in [0.29, 0.717) is 17.1 Å². The average molecular weight is 347 g/mol.